The number of amides is 1. The third kappa shape index (κ3) is 2.13. The van der Waals surface area contributed by atoms with Crippen LogP contribution in [0.15, 0.2) is 24.3 Å². The van der Waals surface area contributed by atoms with E-state index in [0.29, 0.717) is 0 Å². The first kappa shape index (κ1) is 13.8. The molecule has 114 valence electrons. The van der Waals surface area contributed by atoms with Gasteiger partial charge in [-0.15, -0.1) is 11.3 Å². The van der Waals surface area contributed by atoms with Gasteiger partial charge in [-0.25, -0.2) is 0 Å². The molecule has 2 aliphatic rings. The van der Waals surface area contributed by atoms with Gasteiger partial charge in [0.25, 0.3) is 5.91 Å². The highest BCUT2D eigenvalue weighted by Crippen LogP contribution is 2.42. The Morgan fingerprint density at radius 1 is 1.23 bits per heavy atom. The topological polar surface area (TPSA) is 41.1 Å². The molecule has 1 aromatic heterocycles. The van der Waals surface area contributed by atoms with Crippen LogP contribution in [0, 0.1) is 12.8 Å². The summed E-state index contributed by atoms with van der Waals surface area (Å²) >= 11 is 1.78. The first-order valence-corrected chi connectivity index (χ1v) is 8.72. The Bertz CT molecular complexity index is 750. The smallest absolute Gasteiger partial charge is 0.256 e. The fraction of sp³-hybridized carbons (Fsp3) is 0.389. The molecule has 1 amide bonds. The van der Waals surface area contributed by atoms with E-state index in [4.69, 9.17) is 0 Å². The predicted molar refractivity (Wildman–Crippen MR) is 90.5 cm³/mol. The number of benzene rings is 1. The van der Waals surface area contributed by atoms with Crippen LogP contribution in [0.2, 0.25) is 0 Å². The molecule has 0 fully saturated rings. The molecule has 1 aromatic carbocycles. The van der Waals surface area contributed by atoms with Crippen LogP contribution in [0.3, 0.4) is 0 Å². The van der Waals surface area contributed by atoms with Gasteiger partial charge in [-0.05, 0) is 48.8 Å². The maximum atomic E-state index is 12.7. The third-order valence-electron chi connectivity index (χ3n) is 4.79. The molecule has 2 N–H and O–H groups in total. The fourth-order valence-corrected chi connectivity index (χ4v) is 4.97. The average Bonchev–Trinajstić information content (AvgIpc) is 2.85. The fourth-order valence-electron chi connectivity index (χ4n) is 3.53. The van der Waals surface area contributed by atoms with Crippen molar-refractivity contribution < 1.29 is 4.79 Å². The van der Waals surface area contributed by atoms with E-state index in [1.807, 2.05) is 12.1 Å². The normalized spacial score (nSPS) is 23.3. The first-order valence-electron chi connectivity index (χ1n) is 7.91. The highest BCUT2D eigenvalue weighted by molar-refractivity contribution is 7.16. The third-order valence-corrected chi connectivity index (χ3v) is 5.97. The summed E-state index contributed by atoms with van der Waals surface area (Å²) in [6.45, 7) is 4.38. The van der Waals surface area contributed by atoms with Gasteiger partial charge >= 0.3 is 0 Å². The van der Waals surface area contributed by atoms with E-state index < -0.39 is 0 Å². The molecular formula is C18H20N2OS. The number of thiophene rings is 1. The molecule has 2 heterocycles. The van der Waals surface area contributed by atoms with E-state index in [-0.39, 0.29) is 12.1 Å². The molecule has 4 rings (SSSR count). The number of carbonyl (C=O) groups is 1. The van der Waals surface area contributed by atoms with Crippen molar-refractivity contribution in [1.29, 1.82) is 0 Å². The monoisotopic (exact) mass is 312 g/mol. The Morgan fingerprint density at radius 2 is 2.05 bits per heavy atom. The van der Waals surface area contributed by atoms with E-state index >= 15 is 0 Å². The molecule has 2 atom stereocenters. The second-order valence-corrected chi connectivity index (χ2v) is 7.57. The van der Waals surface area contributed by atoms with Crippen LogP contribution in [0.1, 0.15) is 51.4 Å². The van der Waals surface area contributed by atoms with Crippen molar-refractivity contribution in [1.82, 2.24) is 5.32 Å². The minimum Gasteiger partial charge on any atom is -0.353 e. The highest BCUT2D eigenvalue weighted by Gasteiger charge is 2.33. The summed E-state index contributed by atoms with van der Waals surface area (Å²) in [7, 11) is 0. The Hall–Kier alpha value is -1.81. The lowest BCUT2D eigenvalue weighted by molar-refractivity contribution is 0.0935. The van der Waals surface area contributed by atoms with Crippen LogP contribution < -0.4 is 10.6 Å². The number of hydrogen-bond donors (Lipinski definition) is 2. The van der Waals surface area contributed by atoms with Gasteiger partial charge in [0.15, 0.2) is 0 Å². The number of rotatable bonds is 1. The zero-order chi connectivity index (χ0) is 15.3. The van der Waals surface area contributed by atoms with Gasteiger partial charge in [0.05, 0.1) is 5.56 Å². The highest BCUT2D eigenvalue weighted by atomic mass is 32.1. The van der Waals surface area contributed by atoms with Gasteiger partial charge in [0.2, 0.25) is 0 Å². The van der Waals surface area contributed by atoms with Crippen LogP contribution >= 0.6 is 11.3 Å². The largest absolute Gasteiger partial charge is 0.353 e. The molecule has 0 saturated heterocycles. The zero-order valence-electron chi connectivity index (χ0n) is 12.9. The standard InChI is InChI=1S/C18H20N2OS/c1-10-7-8-13-14(9-10)22-18-15(13)17(21)19-16(20-18)12-6-4-3-5-11(12)2/h3-6,10,16,20H,7-9H2,1-2H3,(H,19,21). The van der Waals surface area contributed by atoms with Crippen molar-refractivity contribution >= 4 is 22.2 Å². The first-order chi connectivity index (χ1) is 10.6. The van der Waals surface area contributed by atoms with Crippen molar-refractivity contribution in [2.75, 3.05) is 5.32 Å². The summed E-state index contributed by atoms with van der Waals surface area (Å²) in [6.07, 6.45) is 3.20. The number of fused-ring (bicyclic) bond motifs is 3. The van der Waals surface area contributed by atoms with Crippen LogP contribution in [-0.4, -0.2) is 5.91 Å². The molecule has 0 spiro atoms. The van der Waals surface area contributed by atoms with Crippen molar-refractivity contribution in [3.05, 3.63) is 51.4 Å². The van der Waals surface area contributed by atoms with E-state index in [2.05, 4.69) is 36.6 Å². The summed E-state index contributed by atoms with van der Waals surface area (Å²) in [6, 6.07) is 8.21. The quantitative estimate of drug-likeness (QED) is 0.834. The summed E-state index contributed by atoms with van der Waals surface area (Å²) in [5, 5.41) is 7.73. The number of nitrogens with one attached hydrogen (secondary N) is 2. The molecule has 22 heavy (non-hydrogen) atoms. The summed E-state index contributed by atoms with van der Waals surface area (Å²) in [5.41, 5.74) is 4.52. The predicted octanol–water partition coefficient (Wildman–Crippen LogP) is 4.04. The van der Waals surface area contributed by atoms with Gasteiger partial charge in [-0.1, -0.05) is 31.2 Å². The molecule has 0 saturated carbocycles. The average molecular weight is 312 g/mol. The molecule has 0 bridgehead atoms. The molecule has 3 nitrogen and oxygen atoms in total. The van der Waals surface area contributed by atoms with Crippen molar-refractivity contribution in [2.45, 2.75) is 39.3 Å². The minimum absolute atomic E-state index is 0.0778. The molecule has 2 aromatic rings. The van der Waals surface area contributed by atoms with Gasteiger partial charge in [0, 0.05) is 4.88 Å². The SMILES string of the molecule is Cc1ccccc1C1NC(=O)c2c(sc3c2CCC(C)C3)N1. The Kier molecular flexibility index (Phi) is 3.22. The van der Waals surface area contributed by atoms with E-state index in [1.54, 1.807) is 11.3 Å². The molecule has 1 aliphatic carbocycles. The van der Waals surface area contributed by atoms with Crippen molar-refractivity contribution in [3.63, 3.8) is 0 Å². The lowest BCUT2D eigenvalue weighted by atomic mass is 9.88. The van der Waals surface area contributed by atoms with Gasteiger partial charge in [0.1, 0.15) is 11.2 Å². The second kappa shape index (κ2) is 5.13. The maximum absolute atomic E-state index is 12.7. The molecule has 4 heteroatoms. The van der Waals surface area contributed by atoms with E-state index in [1.165, 1.54) is 22.4 Å². The van der Waals surface area contributed by atoms with Crippen LogP contribution in [0.25, 0.3) is 0 Å². The van der Waals surface area contributed by atoms with E-state index in [9.17, 15) is 4.79 Å². The maximum Gasteiger partial charge on any atom is 0.256 e. The Morgan fingerprint density at radius 3 is 2.86 bits per heavy atom. The van der Waals surface area contributed by atoms with Gasteiger partial charge in [-0.2, -0.15) is 0 Å². The van der Waals surface area contributed by atoms with Gasteiger partial charge < -0.3 is 10.6 Å². The summed E-state index contributed by atoms with van der Waals surface area (Å²) in [5.74, 6) is 0.803. The van der Waals surface area contributed by atoms with Gasteiger partial charge in [-0.3, -0.25) is 4.79 Å². The number of carbonyl (C=O) groups excluding carboxylic acids is 1. The number of aryl methyl sites for hydroxylation is 1. The molecule has 0 radical (unpaired) electrons. The van der Waals surface area contributed by atoms with Crippen LogP contribution in [0.4, 0.5) is 5.00 Å². The lowest BCUT2D eigenvalue weighted by Crippen LogP contribution is -2.38. The summed E-state index contributed by atoms with van der Waals surface area (Å²) < 4.78 is 0. The number of hydrogen-bond acceptors (Lipinski definition) is 3. The lowest BCUT2D eigenvalue weighted by Gasteiger charge is -2.28. The van der Waals surface area contributed by atoms with E-state index in [0.717, 1.165) is 34.9 Å². The minimum atomic E-state index is -0.126. The Labute approximate surface area is 134 Å². The zero-order valence-corrected chi connectivity index (χ0v) is 13.7. The Balaban J connectivity index is 1.73. The van der Waals surface area contributed by atoms with Crippen molar-refractivity contribution in [2.24, 2.45) is 5.92 Å². The van der Waals surface area contributed by atoms with Crippen LogP contribution in [-0.2, 0) is 12.8 Å². The molecular weight excluding hydrogens is 292 g/mol. The molecule has 1 aliphatic heterocycles. The molecule has 2 unspecified atom stereocenters. The summed E-state index contributed by atoms with van der Waals surface area (Å²) in [4.78, 5) is 14.1. The number of anilines is 1. The second-order valence-electron chi connectivity index (χ2n) is 6.46. The van der Waals surface area contributed by atoms with Crippen LogP contribution in [0.5, 0.6) is 0 Å². The van der Waals surface area contributed by atoms with Crippen molar-refractivity contribution in [3.8, 4) is 0 Å².